The number of halogens is 1. The third kappa shape index (κ3) is 13.7. The first kappa shape index (κ1) is 29.3. The molecule has 0 aromatic heterocycles. The van der Waals surface area contributed by atoms with Gasteiger partial charge < -0.3 is 9.47 Å². The summed E-state index contributed by atoms with van der Waals surface area (Å²) in [5.41, 5.74) is 1.91. The van der Waals surface area contributed by atoms with Gasteiger partial charge in [0.05, 0.1) is 24.8 Å². The van der Waals surface area contributed by atoms with Crippen molar-refractivity contribution >= 4 is 22.4 Å². The van der Waals surface area contributed by atoms with Crippen molar-refractivity contribution in [3.05, 3.63) is 23.3 Å². The van der Waals surface area contributed by atoms with Crippen LogP contribution in [0.25, 0.3) is 0 Å². The van der Waals surface area contributed by atoms with Gasteiger partial charge in [0.2, 0.25) is 0 Å². The minimum absolute atomic E-state index is 0.385. The summed E-state index contributed by atoms with van der Waals surface area (Å²) in [7, 11) is -0.939. The zero-order valence-corrected chi connectivity index (χ0v) is 22.5. The molecule has 32 heavy (non-hydrogen) atoms. The summed E-state index contributed by atoms with van der Waals surface area (Å²) in [6.45, 7) is 5.88. The second kappa shape index (κ2) is 19.7. The Hall–Kier alpha value is -0.740. The standard InChI is InChI=1S/C27H47ClO3S/c1-4-6-8-10-12-14-16-18-30-26-21-25(23-32(3)29)27(20-24(26)22-28)31-19-17-15-13-11-9-7-5-2/h20-21H,4-19,22-23H2,1-3H3. The highest BCUT2D eigenvalue weighted by Crippen LogP contribution is 2.31. The van der Waals surface area contributed by atoms with Gasteiger partial charge in [-0.3, -0.25) is 4.21 Å². The molecule has 3 nitrogen and oxygen atoms in total. The third-order valence-electron chi connectivity index (χ3n) is 5.76. The number of unbranched alkanes of at least 4 members (excludes halogenated alkanes) is 12. The van der Waals surface area contributed by atoms with Gasteiger partial charge in [0.15, 0.2) is 0 Å². The molecule has 0 saturated heterocycles. The van der Waals surface area contributed by atoms with Crippen LogP contribution in [0.3, 0.4) is 0 Å². The highest BCUT2D eigenvalue weighted by Gasteiger charge is 2.13. The molecule has 1 atom stereocenters. The molecule has 1 aromatic rings. The van der Waals surface area contributed by atoms with E-state index in [-0.39, 0.29) is 0 Å². The molecule has 1 unspecified atom stereocenters. The molecule has 0 aliphatic carbocycles. The van der Waals surface area contributed by atoms with E-state index >= 15 is 0 Å². The van der Waals surface area contributed by atoms with Crippen LogP contribution < -0.4 is 9.47 Å². The van der Waals surface area contributed by atoms with Crippen LogP contribution in [-0.2, 0) is 22.4 Å². The van der Waals surface area contributed by atoms with Crippen molar-refractivity contribution in [1.29, 1.82) is 0 Å². The molecule has 0 heterocycles. The molecule has 0 saturated carbocycles. The minimum atomic E-state index is -0.939. The lowest BCUT2D eigenvalue weighted by Gasteiger charge is -2.17. The van der Waals surface area contributed by atoms with E-state index in [9.17, 15) is 4.21 Å². The van der Waals surface area contributed by atoms with Crippen LogP contribution >= 0.6 is 11.6 Å². The SMILES string of the molecule is CCCCCCCCCOc1cc(CS(C)=O)c(OCCCCCCCCC)cc1CCl. The van der Waals surface area contributed by atoms with E-state index in [4.69, 9.17) is 21.1 Å². The summed E-state index contributed by atoms with van der Waals surface area (Å²) in [5, 5.41) is 0. The van der Waals surface area contributed by atoms with E-state index in [1.54, 1.807) is 6.26 Å². The smallest absolute Gasteiger partial charge is 0.124 e. The summed E-state index contributed by atoms with van der Waals surface area (Å²) in [6, 6.07) is 4.00. The Morgan fingerprint density at radius 3 is 1.53 bits per heavy atom. The Labute approximate surface area is 205 Å². The molecule has 1 rings (SSSR count). The van der Waals surface area contributed by atoms with Crippen molar-refractivity contribution in [1.82, 2.24) is 0 Å². The minimum Gasteiger partial charge on any atom is -0.493 e. The van der Waals surface area contributed by atoms with Crippen LogP contribution in [0.2, 0.25) is 0 Å². The fourth-order valence-electron chi connectivity index (χ4n) is 3.83. The predicted molar refractivity (Wildman–Crippen MR) is 141 cm³/mol. The zero-order valence-electron chi connectivity index (χ0n) is 20.9. The Balaban J connectivity index is 2.54. The van der Waals surface area contributed by atoms with Crippen molar-refractivity contribution in [3.63, 3.8) is 0 Å². The largest absolute Gasteiger partial charge is 0.493 e. The van der Waals surface area contributed by atoms with Crippen molar-refractivity contribution in [2.75, 3.05) is 19.5 Å². The topological polar surface area (TPSA) is 35.5 Å². The molecule has 0 radical (unpaired) electrons. The Morgan fingerprint density at radius 1 is 0.688 bits per heavy atom. The van der Waals surface area contributed by atoms with Crippen molar-refractivity contribution in [2.45, 2.75) is 115 Å². The molecule has 0 aliphatic rings. The van der Waals surface area contributed by atoms with Crippen molar-refractivity contribution in [2.24, 2.45) is 0 Å². The molecular formula is C27H47ClO3S. The maximum atomic E-state index is 11.9. The molecule has 0 spiro atoms. The average molecular weight is 487 g/mol. The van der Waals surface area contributed by atoms with Crippen molar-refractivity contribution in [3.8, 4) is 11.5 Å². The van der Waals surface area contributed by atoms with Crippen LogP contribution in [0, 0.1) is 0 Å². The Kier molecular flexibility index (Phi) is 18.0. The van der Waals surface area contributed by atoms with Gasteiger partial charge in [-0.2, -0.15) is 0 Å². The average Bonchev–Trinajstić information content (AvgIpc) is 2.78. The quantitative estimate of drug-likeness (QED) is 0.129. The summed E-state index contributed by atoms with van der Waals surface area (Å²) in [4.78, 5) is 0. The first-order valence-electron chi connectivity index (χ1n) is 12.9. The van der Waals surface area contributed by atoms with E-state index in [0.29, 0.717) is 24.8 Å². The van der Waals surface area contributed by atoms with Crippen molar-refractivity contribution < 1.29 is 13.7 Å². The zero-order chi connectivity index (χ0) is 23.4. The number of alkyl halides is 1. The number of hydrogen-bond donors (Lipinski definition) is 0. The summed E-state index contributed by atoms with van der Waals surface area (Å²) in [6.07, 6.45) is 19.3. The molecular weight excluding hydrogens is 440 g/mol. The number of rotatable bonds is 21. The van der Waals surface area contributed by atoms with Gasteiger partial charge in [0.25, 0.3) is 0 Å². The van der Waals surface area contributed by atoms with Crippen LogP contribution in [0.1, 0.15) is 115 Å². The first-order chi connectivity index (χ1) is 15.6. The molecule has 5 heteroatoms. The molecule has 1 aromatic carbocycles. The van der Waals surface area contributed by atoms with Gasteiger partial charge in [-0.1, -0.05) is 90.9 Å². The van der Waals surface area contributed by atoms with Gasteiger partial charge >= 0.3 is 0 Å². The lowest BCUT2D eigenvalue weighted by molar-refractivity contribution is 0.292. The van der Waals surface area contributed by atoms with Gasteiger partial charge in [-0.05, 0) is 25.0 Å². The fraction of sp³-hybridized carbons (Fsp3) is 0.778. The lowest BCUT2D eigenvalue weighted by atomic mass is 10.1. The number of hydrogen-bond acceptors (Lipinski definition) is 3. The van der Waals surface area contributed by atoms with Gasteiger partial charge in [0, 0.05) is 28.2 Å². The van der Waals surface area contributed by atoms with E-state index in [0.717, 1.165) is 35.5 Å². The molecule has 186 valence electrons. The second-order valence-electron chi connectivity index (χ2n) is 8.86. The lowest BCUT2D eigenvalue weighted by Crippen LogP contribution is -2.06. The van der Waals surface area contributed by atoms with E-state index < -0.39 is 10.8 Å². The number of benzene rings is 1. The maximum absolute atomic E-state index is 11.9. The van der Waals surface area contributed by atoms with Gasteiger partial charge in [0.1, 0.15) is 11.5 Å². The molecule has 0 bridgehead atoms. The first-order valence-corrected chi connectivity index (χ1v) is 15.2. The maximum Gasteiger partial charge on any atom is 0.124 e. The molecule has 0 aliphatic heterocycles. The van der Waals surface area contributed by atoms with E-state index in [1.807, 2.05) is 12.1 Å². The summed E-state index contributed by atoms with van der Waals surface area (Å²) >= 11 is 6.22. The summed E-state index contributed by atoms with van der Waals surface area (Å²) in [5.74, 6) is 2.48. The van der Waals surface area contributed by atoms with Crippen LogP contribution in [-0.4, -0.2) is 23.7 Å². The van der Waals surface area contributed by atoms with Gasteiger partial charge in [-0.15, -0.1) is 11.6 Å². The number of ether oxygens (including phenoxy) is 2. The van der Waals surface area contributed by atoms with Crippen LogP contribution in [0.4, 0.5) is 0 Å². The van der Waals surface area contributed by atoms with E-state index in [1.165, 1.54) is 77.0 Å². The van der Waals surface area contributed by atoms with Gasteiger partial charge in [-0.25, -0.2) is 0 Å². The monoisotopic (exact) mass is 486 g/mol. The normalized spacial score (nSPS) is 12.1. The third-order valence-corrected chi connectivity index (χ3v) is 6.76. The Morgan fingerprint density at radius 2 is 1.09 bits per heavy atom. The van der Waals surface area contributed by atoms with Crippen LogP contribution in [0.15, 0.2) is 12.1 Å². The second-order valence-corrected chi connectivity index (χ2v) is 10.6. The Bertz CT molecular complexity index is 621. The highest BCUT2D eigenvalue weighted by molar-refractivity contribution is 7.83. The van der Waals surface area contributed by atoms with E-state index in [2.05, 4.69) is 13.8 Å². The van der Waals surface area contributed by atoms with Crippen LogP contribution in [0.5, 0.6) is 11.5 Å². The predicted octanol–water partition coefficient (Wildman–Crippen LogP) is 8.56. The molecule has 0 amide bonds. The fourth-order valence-corrected chi connectivity index (χ4v) is 4.70. The molecule has 0 fully saturated rings. The molecule has 0 N–H and O–H groups in total. The summed E-state index contributed by atoms with van der Waals surface area (Å²) < 4.78 is 24.1. The highest BCUT2D eigenvalue weighted by atomic mass is 35.5.